The van der Waals surface area contributed by atoms with Crippen LogP contribution < -0.4 is 5.32 Å². The molecule has 0 saturated heterocycles. The number of hydrogen-bond acceptors (Lipinski definition) is 3. The molecule has 0 aliphatic heterocycles. The largest absolute Gasteiger partial charge is 0.326 e. The van der Waals surface area contributed by atoms with Crippen molar-refractivity contribution in [2.24, 2.45) is 5.92 Å². The highest BCUT2D eigenvalue weighted by atomic mass is 35.7. The summed E-state index contributed by atoms with van der Waals surface area (Å²) >= 11 is 5.86. The van der Waals surface area contributed by atoms with Crippen molar-refractivity contribution < 1.29 is 13.2 Å². The smallest absolute Gasteiger partial charge is 0.262 e. The van der Waals surface area contributed by atoms with E-state index in [1.54, 1.807) is 0 Å². The summed E-state index contributed by atoms with van der Waals surface area (Å²) in [5, 5.41) is 2.72. The zero-order valence-electron chi connectivity index (χ0n) is 11.4. The van der Waals surface area contributed by atoms with Gasteiger partial charge < -0.3 is 5.32 Å². The van der Waals surface area contributed by atoms with Gasteiger partial charge in [0.25, 0.3) is 9.05 Å². The van der Waals surface area contributed by atoms with Crippen LogP contribution in [-0.4, -0.2) is 14.3 Å². The average molecular weight is 350 g/mol. The Balaban J connectivity index is 1.93. The Morgan fingerprint density at radius 3 is 2.52 bits per heavy atom. The van der Waals surface area contributed by atoms with E-state index in [9.17, 15) is 13.2 Å². The van der Waals surface area contributed by atoms with Gasteiger partial charge in [0.2, 0.25) is 5.91 Å². The van der Waals surface area contributed by atoms with Crippen molar-refractivity contribution >= 4 is 42.9 Å². The molecule has 7 heteroatoms. The first-order chi connectivity index (χ1) is 9.86. The summed E-state index contributed by atoms with van der Waals surface area (Å²) in [5.41, 5.74) is 0.473. The molecule has 1 N–H and O–H groups in total. The molecule has 1 aliphatic rings. The fourth-order valence-corrected chi connectivity index (χ4v) is 4.16. The Labute approximate surface area is 134 Å². The molecule has 1 aromatic rings. The predicted molar refractivity (Wildman–Crippen MR) is 84.3 cm³/mol. The number of rotatable bonds is 5. The average Bonchev–Trinajstić information content (AvgIpc) is 2.88. The van der Waals surface area contributed by atoms with Gasteiger partial charge >= 0.3 is 0 Å². The minimum Gasteiger partial charge on any atom is -0.326 e. The van der Waals surface area contributed by atoms with Crippen LogP contribution in [0.4, 0.5) is 5.69 Å². The molecular formula is C14H17Cl2NO3S. The van der Waals surface area contributed by atoms with E-state index in [2.05, 4.69) is 5.32 Å². The van der Waals surface area contributed by atoms with E-state index in [4.69, 9.17) is 22.3 Å². The number of carbonyl (C=O) groups excluding carboxylic acids is 1. The molecule has 1 aliphatic carbocycles. The van der Waals surface area contributed by atoms with Crippen LogP contribution >= 0.6 is 22.3 Å². The topological polar surface area (TPSA) is 63.2 Å². The third-order valence-corrected chi connectivity index (χ3v) is 5.54. The molecule has 0 unspecified atom stereocenters. The van der Waals surface area contributed by atoms with Crippen molar-refractivity contribution in [2.75, 3.05) is 5.32 Å². The van der Waals surface area contributed by atoms with Crippen LogP contribution in [0.3, 0.4) is 0 Å². The van der Waals surface area contributed by atoms with Crippen LogP contribution in [0.2, 0.25) is 5.02 Å². The summed E-state index contributed by atoms with van der Waals surface area (Å²) in [5.74, 6) is 0.572. The lowest BCUT2D eigenvalue weighted by molar-refractivity contribution is -0.116. The quantitative estimate of drug-likeness (QED) is 0.811. The van der Waals surface area contributed by atoms with E-state index >= 15 is 0 Å². The zero-order valence-corrected chi connectivity index (χ0v) is 13.8. The Kier molecular flexibility index (Phi) is 5.52. The second-order valence-corrected chi connectivity index (χ2v) is 8.26. The minimum atomic E-state index is -3.87. The molecule has 0 atom stereocenters. The van der Waals surface area contributed by atoms with Gasteiger partial charge in [-0.25, -0.2) is 8.42 Å². The summed E-state index contributed by atoms with van der Waals surface area (Å²) in [6.45, 7) is 0. The summed E-state index contributed by atoms with van der Waals surface area (Å²) in [4.78, 5) is 11.7. The van der Waals surface area contributed by atoms with Crippen LogP contribution in [-0.2, 0) is 13.8 Å². The molecule has 2 rings (SSSR count). The number of hydrogen-bond donors (Lipinski definition) is 1. The molecule has 1 amide bonds. The first-order valence-electron chi connectivity index (χ1n) is 6.90. The minimum absolute atomic E-state index is 0.00130. The molecule has 21 heavy (non-hydrogen) atoms. The number of nitrogens with one attached hydrogen (secondary N) is 1. The summed E-state index contributed by atoms with van der Waals surface area (Å²) in [7, 11) is 1.37. The van der Waals surface area contributed by atoms with Gasteiger partial charge in [0.1, 0.15) is 4.90 Å². The van der Waals surface area contributed by atoms with Crippen molar-refractivity contribution in [3.63, 3.8) is 0 Å². The molecule has 0 heterocycles. The standard InChI is InChI=1S/C14H17Cl2NO3S/c15-12-9-11(6-7-13(12)21(16,19)20)17-14(18)8-5-10-3-1-2-4-10/h6-7,9-10H,1-5,8H2,(H,17,18). The van der Waals surface area contributed by atoms with Crippen molar-refractivity contribution in [3.05, 3.63) is 23.2 Å². The van der Waals surface area contributed by atoms with Gasteiger partial charge in [0, 0.05) is 22.8 Å². The Hall–Kier alpha value is -0.780. The zero-order chi connectivity index (χ0) is 15.5. The first kappa shape index (κ1) is 16.6. The molecule has 1 aromatic carbocycles. The monoisotopic (exact) mass is 349 g/mol. The maximum atomic E-state index is 11.9. The van der Waals surface area contributed by atoms with Gasteiger partial charge in [0.05, 0.1) is 5.02 Å². The lowest BCUT2D eigenvalue weighted by Gasteiger charge is -2.10. The highest BCUT2D eigenvalue weighted by molar-refractivity contribution is 8.13. The second-order valence-electron chi connectivity index (χ2n) is 5.32. The van der Waals surface area contributed by atoms with E-state index in [1.807, 2.05) is 0 Å². The molecule has 1 fully saturated rings. The predicted octanol–water partition coefficient (Wildman–Crippen LogP) is 4.18. The molecule has 0 aromatic heterocycles. The molecular weight excluding hydrogens is 333 g/mol. The fourth-order valence-electron chi connectivity index (χ4n) is 2.63. The fraction of sp³-hybridized carbons (Fsp3) is 0.500. The Morgan fingerprint density at radius 1 is 1.29 bits per heavy atom. The second kappa shape index (κ2) is 6.99. The molecule has 0 bridgehead atoms. The van der Waals surface area contributed by atoms with Gasteiger partial charge in [-0.1, -0.05) is 37.3 Å². The SMILES string of the molecule is O=C(CCC1CCCC1)Nc1ccc(S(=O)(=O)Cl)c(Cl)c1. The molecule has 4 nitrogen and oxygen atoms in total. The van der Waals surface area contributed by atoms with Gasteiger partial charge in [0.15, 0.2) is 0 Å². The van der Waals surface area contributed by atoms with Crippen molar-refractivity contribution in [1.29, 1.82) is 0 Å². The number of halogens is 2. The lowest BCUT2D eigenvalue weighted by atomic mass is 10.0. The molecule has 1 saturated carbocycles. The number of anilines is 1. The number of benzene rings is 1. The van der Waals surface area contributed by atoms with Crippen molar-refractivity contribution in [1.82, 2.24) is 0 Å². The van der Waals surface area contributed by atoms with Crippen LogP contribution in [0.1, 0.15) is 38.5 Å². The third-order valence-electron chi connectivity index (χ3n) is 3.73. The van der Waals surface area contributed by atoms with Gasteiger partial charge in [-0.2, -0.15) is 0 Å². The van der Waals surface area contributed by atoms with E-state index in [0.29, 0.717) is 18.0 Å². The van der Waals surface area contributed by atoms with Crippen molar-refractivity contribution in [2.45, 2.75) is 43.4 Å². The summed E-state index contributed by atoms with van der Waals surface area (Å²) < 4.78 is 22.5. The van der Waals surface area contributed by atoms with Gasteiger partial charge in [-0.15, -0.1) is 0 Å². The van der Waals surface area contributed by atoms with E-state index in [-0.39, 0.29) is 15.8 Å². The Morgan fingerprint density at radius 2 is 1.95 bits per heavy atom. The van der Waals surface area contributed by atoms with Crippen LogP contribution in [0.5, 0.6) is 0 Å². The normalized spacial score (nSPS) is 16.1. The third kappa shape index (κ3) is 4.87. The molecule has 0 radical (unpaired) electrons. The maximum absolute atomic E-state index is 11.9. The van der Waals surface area contributed by atoms with E-state index in [1.165, 1.54) is 43.9 Å². The maximum Gasteiger partial charge on any atom is 0.262 e. The van der Waals surface area contributed by atoms with Crippen LogP contribution in [0.15, 0.2) is 23.1 Å². The van der Waals surface area contributed by atoms with E-state index < -0.39 is 9.05 Å². The number of amides is 1. The summed E-state index contributed by atoms with van der Waals surface area (Å²) in [6, 6.07) is 4.16. The summed E-state index contributed by atoms with van der Waals surface area (Å²) in [6.07, 6.45) is 6.31. The molecule has 116 valence electrons. The van der Waals surface area contributed by atoms with Crippen molar-refractivity contribution in [3.8, 4) is 0 Å². The molecule has 0 spiro atoms. The van der Waals surface area contributed by atoms with E-state index in [0.717, 1.165) is 6.42 Å². The Bertz CT molecular complexity index is 625. The van der Waals surface area contributed by atoms with Gasteiger partial charge in [-0.05, 0) is 30.5 Å². The van der Waals surface area contributed by atoms with Gasteiger partial charge in [-0.3, -0.25) is 4.79 Å². The highest BCUT2D eigenvalue weighted by Gasteiger charge is 2.17. The lowest BCUT2D eigenvalue weighted by Crippen LogP contribution is -2.12. The van der Waals surface area contributed by atoms with Crippen LogP contribution in [0, 0.1) is 5.92 Å². The highest BCUT2D eigenvalue weighted by Crippen LogP contribution is 2.29. The van der Waals surface area contributed by atoms with Crippen LogP contribution in [0.25, 0.3) is 0 Å². The number of carbonyl (C=O) groups is 1. The first-order valence-corrected chi connectivity index (χ1v) is 9.59.